The third-order valence-electron chi connectivity index (χ3n) is 7.03. The van der Waals surface area contributed by atoms with E-state index in [2.05, 4.69) is 42.4 Å². The second-order valence-corrected chi connectivity index (χ2v) is 11.1. The number of hydrogen-bond donors (Lipinski definition) is 6. The van der Waals surface area contributed by atoms with Gasteiger partial charge in [0.2, 0.25) is 18.1 Å². The number of ether oxygens (including phenoxy) is 2. The largest absolute Gasteiger partial charge is 2.00 e. The molecule has 1 aliphatic rings. The van der Waals surface area contributed by atoms with Gasteiger partial charge in [-0.25, -0.2) is 0 Å². The van der Waals surface area contributed by atoms with Crippen LogP contribution in [0.5, 0.6) is 5.88 Å². The van der Waals surface area contributed by atoms with E-state index >= 15 is 0 Å². The van der Waals surface area contributed by atoms with E-state index in [0.717, 1.165) is 35.3 Å². The molecule has 1 aromatic heterocycles. The van der Waals surface area contributed by atoms with E-state index in [1.54, 1.807) is 6.92 Å². The molecule has 0 saturated carbocycles. The summed E-state index contributed by atoms with van der Waals surface area (Å²) in [4.78, 5) is 10.8. The predicted molar refractivity (Wildman–Crippen MR) is 149 cm³/mol. The van der Waals surface area contributed by atoms with Crippen molar-refractivity contribution in [1.82, 2.24) is 15.5 Å². The Balaban J connectivity index is 0.000000569. The van der Waals surface area contributed by atoms with Gasteiger partial charge in [-0.2, -0.15) is 41.8 Å². The van der Waals surface area contributed by atoms with Crippen LogP contribution in [0.15, 0.2) is 18.2 Å². The topological polar surface area (TPSA) is 163 Å². The van der Waals surface area contributed by atoms with Crippen LogP contribution in [0.4, 0.5) is 0 Å². The normalized spacial score (nSPS) is 22.7. The summed E-state index contributed by atoms with van der Waals surface area (Å²) in [5.74, 6) is -0.206. The average Bonchev–Trinajstić information content (AvgIpc) is 3.28. The van der Waals surface area contributed by atoms with Crippen LogP contribution in [-0.2, 0) is 16.0 Å². The Kier molecular flexibility index (Phi) is 15.4. The van der Waals surface area contributed by atoms with Gasteiger partial charge in [-0.15, -0.1) is 5.10 Å². The van der Waals surface area contributed by atoms with Crippen LogP contribution < -0.4 is 15.8 Å². The summed E-state index contributed by atoms with van der Waals surface area (Å²) in [6, 6.07) is 8.90. The average molecular weight is 785 g/mol. The third-order valence-corrected chi connectivity index (χ3v) is 7.03. The molecule has 0 spiro atoms. The number of carbonyl (C=O) groups is 1. The second kappa shape index (κ2) is 16.9. The summed E-state index contributed by atoms with van der Waals surface area (Å²) >= 11 is 0. The van der Waals surface area contributed by atoms with Crippen molar-refractivity contribution in [2.45, 2.75) is 84.9 Å². The van der Waals surface area contributed by atoms with Crippen LogP contribution in [0, 0.1) is 62.4 Å². The Morgan fingerprint density at radius 3 is 2.58 bits per heavy atom. The molecule has 2 aromatic rings. The van der Waals surface area contributed by atoms with Crippen molar-refractivity contribution in [3.63, 3.8) is 0 Å². The number of nitrogens with two attached hydrogens (primary N) is 1. The minimum absolute atomic E-state index is 0. The molecule has 10 nitrogen and oxygen atoms in total. The van der Waals surface area contributed by atoms with Crippen LogP contribution >= 0.6 is 0 Å². The molecule has 1 fully saturated rings. The third kappa shape index (κ3) is 9.83. The van der Waals surface area contributed by atoms with Crippen molar-refractivity contribution in [3.05, 3.63) is 53.6 Å². The minimum Gasteiger partial charge on any atom is -0.444 e. The van der Waals surface area contributed by atoms with E-state index in [0.29, 0.717) is 18.8 Å². The number of primary amides is 1. The maximum atomic E-state index is 10.8. The van der Waals surface area contributed by atoms with Gasteiger partial charge in [0, 0.05) is 23.7 Å². The van der Waals surface area contributed by atoms with Crippen LogP contribution in [-0.4, -0.2) is 75.7 Å². The van der Waals surface area contributed by atoms with E-state index in [9.17, 15) is 20.1 Å². The maximum absolute atomic E-state index is 10.8. The zero-order valence-electron chi connectivity index (χ0n) is 24.5. The number of rotatable bonds is 11. The molecule has 1 amide bonds. The molecule has 11 heteroatoms. The Morgan fingerprint density at radius 1 is 1.35 bits per heavy atom. The Labute approximate surface area is 262 Å². The fourth-order valence-corrected chi connectivity index (χ4v) is 4.14. The molecular formula is C29H46N4O6U. The molecule has 0 unspecified atom stereocenters. The number of benzene rings is 1. The van der Waals surface area contributed by atoms with Crippen LogP contribution in [0.3, 0.4) is 0 Å². The van der Waals surface area contributed by atoms with Crippen molar-refractivity contribution in [2.75, 3.05) is 19.7 Å². The summed E-state index contributed by atoms with van der Waals surface area (Å²) in [6.07, 6.45) is -2.41. The van der Waals surface area contributed by atoms with E-state index in [1.165, 1.54) is 0 Å². The second-order valence-electron chi connectivity index (χ2n) is 11.1. The smallest absolute Gasteiger partial charge is 0.444 e. The first-order valence-electron chi connectivity index (χ1n) is 13.5. The Morgan fingerprint density at radius 2 is 2.02 bits per heavy atom. The van der Waals surface area contributed by atoms with Crippen molar-refractivity contribution < 1.29 is 60.7 Å². The standard InChI is InChI=1S/C21H29N2O5.C8H17N2O.U/c1-11(2)17-15(9-14-8-6-5-7-12(14)3)20(23-22-17)28-21-19(26)13(4)18(25)16(10-24)27-21;1-4-5-10-6-8(2,3)7(9)11;/h6-8,11,13,16,18-19,21,24-26H,9-10H2,1-4H3,(H,22,23);10H,1,4-6H2,2-3H3,(H2,9,11);/q2*-1;+2/t13-,16+,18+,19+,21-;;/m0../s1. The number of hydrogen-bond acceptors (Lipinski definition) is 8. The summed E-state index contributed by atoms with van der Waals surface area (Å²) in [5.41, 5.74) is 8.82. The number of aromatic nitrogens is 2. The van der Waals surface area contributed by atoms with Crippen molar-refractivity contribution in [1.29, 1.82) is 0 Å². The molecule has 222 valence electrons. The van der Waals surface area contributed by atoms with Gasteiger partial charge < -0.3 is 42.8 Å². The number of carbonyl (C=O) groups excluding carboxylic acids is 1. The first kappa shape index (κ1) is 36.6. The summed E-state index contributed by atoms with van der Waals surface area (Å²) < 4.78 is 11.5. The SMILES string of the molecule is Cc1c[c-]ccc1Cc1c(O[C@@H]2O[C@H](CO)[C@H](O)[C@H](C)[C@H]2O)n[nH]c1C(C)C.[CH2-]CCNCC(C)(C)C(N)=O.[U+2]. The summed E-state index contributed by atoms with van der Waals surface area (Å²) in [5, 5.41) is 40.5. The summed E-state index contributed by atoms with van der Waals surface area (Å²) in [6.45, 7) is 16.3. The number of nitrogens with zero attached hydrogens (tertiary/aromatic N) is 1. The Bertz CT molecular complexity index is 1050. The van der Waals surface area contributed by atoms with Gasteiger partial charge in [-0.1, -0.05) is 27.7 Å². The zero-order valence-corrected chi connectivity index (χ0v) is 28.7. The first-order valence-corrected chi connectivity index (χ1v) is 13.5. The monoisotopic (exact) mass is 784 g/mol. The van der Waals surface area contributed by atoms with Crippen molar-refractivity contribution >= 4 is 5.91 Å². The molecule has 5 atom stereocenters. The van der Waals surface area contributed by atoms with Gasteiger partial charge in [0.1, 0.15) is 12.2 Å². The molecular weight excluding hydrogens is 738 g/mol. The molecule has 0 radical (unpaired) electrons. The van der Waals surface area contributed by atoms with Crippen LogP contribution in [0.1, 0.15) is 69.3 Å². The van der Waals surface area contributed by atoms with Gasteiger partial charge >= 0.3 is 31.1 Å². The van der Waals surface area contributed by atoms with E-state index in [4.69, 9.17) is 15.2 Å². The molecule has 0 aliphatic carbocycles. The maximum Gasteiger partial charge on any atom is 2.00 e. The number of aromatic amines is 1. The quantitative estimate of drug-likeness (QED) is 0.149. The number of nitrogens with one attached hydrogen (secondary N) is 2. The van der Waals surface area contributed by atoms with Gasteiger partial charge in [0.25, 0.3) is 0 Å². The molecule has 0 bridgehead atoms. The van der Waals surface area contributed by atoms with Gasteiger partial charge in [-0.3, -0.25) is 9.89 Å². The molecule has 2 heterocycles. The zero-order chi connectivity index (χ0) is 29.3. The fourth-order valence-electron chi connectivity index (χ4n) is 4.14. The number of aliphatic hydroxyl groups excluding tert-OH is 3. The molecule has 1 aromatic carbocycles. The summed E-state index contributed by atoms with van der Waals surface area (Å²) in [7, 11) is 0. The first-order chi connectivity index (χ1) is 18.3. The minimum atomic E-state index is -1.04. The van der Waals surface area contributed by atoms with Crippen molar-refractivity contribution in [2.24, 2.45) is 17.1 Å². The van der Waals surface area contributed by atoms with E-state index in [-0.39, 0.29) is 49.5 Å². The van der Waals surface area contributed by atoms with Crippen LogP contribution in [0.2, 0.25) is 0 Å². The molecule has 40 heavy (non-hydrogen) atoms. The molecule has 3 rings (SSSR count). The number of aryl methyl sites for hydroxylation is 1. The van der Waals surface area contributed by atoms with Crippen molar-refractivity contribution in [3.8, 4) is 5.88 Å². The number of aliphatic hydroxyl groups is 3. The molecule has 1 aliphatic heterocycles. The van der Waals surface area contributed by atoms with Crippen LogP contribution in [0.25, 0.3) is 0 Å². The molecule has 7 N–H and O–H groups in total. The van der Waals surface area contributed by atoms with Gasteiger partial charge in [0.15, 0.2) is 0 Å². The predicted octanol–water partition coefficient (Wildman–Crippen LogP) is 2.00. The molecule has 1 saturated heterocycles. The fraction of sp³-hybridized carbons (Fsp3) is 0.621. The number of H-pyrrole nitrogens is 1. The van der Waals surface area contributed by atoms with E-state index < -0.39 is 35.9 Å². The van der Waals surface area contributed by atoms with Gasteiger partial charge in [-0.05, 0) is 32.7 Å². The van der Waals surface area contributed by atoms with E-state index in [1.807, 2.05) is 39.0 Å². The Hall–Kier alpha value is -1.45. The number of amides is 1. The van der Waals surface area contributed by atoms with Gasteiger partial charge in [0.05, 0.1) is 18.1 Å².